The predicted octanol–water partition coefficient (Wildman–Crippen LogP) is 6.33. The van der Waals surface area contributed by atoms with Crippen molar-refractivity contribution in [3.8, 4) is 0 Å². The molecule has 0 nitrogen and oxygen atoms in total. The predicted molar refractivity (Wildman–Crippen MR) is 113 cm³/mol. The van der Waals surface area contributed by atoms with E-state index in [0.717, 1.165) is 0 Å². The molecule has 0 fully saturated rings. The zero-order valence-electron chi connectivity index (χ0n) is 14.6. The van der Waals surface area contributed by atoms with Crippen molar-refractivity contribution in [3.05, 3.63) is 96.1 Å². The molecule has 0 aliphatic rings. The summed E-state index contributed by atoms with van der Waals surface area (Å²) in [6.45, 7) is 2.32. The van der Waals surface area contributed by atoms with Gasteiger partial charge in [-0.15, -0.1) is 0 Å². The van der Waals surface area contributed by atoms with Gasteiger partial charge in [0.1, 0.15) is 17.3 Å². The highest BCUT2D eigenvalue weighted by Crippen LogP contribution is 2.22. The first kappa shape index (κ1) is 16.2. The van der Waals surface area contributed by atoms with E-state index in [1.807, 2.05) is 0 Å². The Morgan fingerprint density at radius 1 is 0.560 bits per heavy atom. The summed E-state index contributed by atoms with van der Waals surface area (Å²) in [6, 6.07) is 31.1. The second kappa shape index (κ2) is 7.33. The molecule has 0 bridgehead atoms. The van der Waals surface area contributed by atoms with Gasteiger partial charge in [-0.2, -0.15) is 0 Å². The highest BCUT2D eigenvalue weighted by atomic mass is 32.2. The summed E-state index contributed by atoms with van der Waals surface area (Å²) in [5.74, 6) is 3.59. The minimum atomic E-state index is 0.381. The van der Waals surface area contributed by atoms with Crippen LogP contribution in [0, 0.1) is 0 Å². The Labute approximate surface area is 152 Å². The van der Waals surface area contributed by atoms with Crippen LogP contribution in [0.25, 0.3) is 21.5 Å². The van der Waals surface area contributed by atoms with Crippen molar-refractivity contribution in [2.24, 2.45) is 0 Å². The van der Waals surface area contributed by atoms with Gasteiger partial charge in [-0.3, -0.25) is 0 Å². The Hall–Kier alpha value is -2.25. The van der Waals surface area contributed by atoms with Crippen molar-refractivity contribution in [1.29, 1.82) is 0 Å². The molecule has 4 aromatic carbocycles. The van der Waals surface area contributed by atoms with Gasteiger partial charge in [0, 0.05) is 11.1 Å². The highest BCUT2D eigenvalue weighted by molar-refractivity contribution is 7.95. The topological polar surface area (TPSA) is 0 Å². The van der Waals surface area contributed by atoms with E-state index in [4.69, 9.17) is 0 Å². The summed E-state index contributed by atoms with van der Waals surface area (Å²) in [5.41, 5.74) is 2.93. The van der Waals surface area contributed by atoms with Gasteiger partial charge < -0.3 is 0 Å². The quantitative estimate of drug-likeness (QED) is 0.371. The minimum Gasteiger partial charge on any atom is -0.0616 e. The van der Waals surface area contributed by atoms with Crippen LogP contribution < -0.4 is 0 Å². The number of fused-ring (bicyclic) bond motifs is 2. The molecular weight excluding hydrogens is 320 g/mol. The molecule has 0 atom stereocenters. The second-order valence-electron chi connectivity index (χ2n) is 6.55. The van der Waals surface area contributed by atoms with E-state index in [0.29, 0.717) is 10.9 Å². The third-order valence-corrected chi connectivity index (χ3v) is 7.08. The van der Waals surface area contributed by atoms with Gasteiger partial charge in [-0.25, -0.2) is 0 Å². The maximum absolute atomic E-state index is 2.37. The largest absolute Gasteiger partial charge is 0.133 e. The fraction of sp³-hybridized carbons (Fsp3) is 0.167. The van der Waals surface area contributed by atoms with Crippen LogP contribution in [0.15, 0.2) is 84.9 Å². The molecule has 0 saturated heterocycles. The first-order valence-electron chi connectivity index (χ1n) is 8.91. The van der Waals surface area contributed by atoms with E-state index in [9.17, 15) is 0 Å². The zero-order chi connectivity index (χ0) is 17.1. The molecule has 0 unspecified atom stereocenters. The van der Waals surface area contributed by atoms with E-state index < -0.39 is 0 Å². The van der Waals surface area contributed by atoms with E-state index in [-0.39, 0.29) is 0 Å². The van der Waals surface area contributed by atoms with Crippen molar-refractivity contribution >= 4 is 32.4 Å². The number of hydrogen-bond donors (Lipinski definition) is 0. The van der Waals surface area contributed by atoms with Crippen molar-refractivity contribution < 1.29 is 0 Å². The maximum atomic E-state index is 2.37. The summed E-state index contributed by atoms with van der Waals surface area (Å²) in [5, 5.41) is 5.37. The van der Waals surface area contributed by atoms with Gasteiger partial charge >= 0.3 is 0 Å². The molecule has 124 valence electrons. The Kier molecular flexibility index (Phi) is 4.76. The Balaban J connectivity index is 1.54. The molecule has 4 rings (SSSR count). The lowest BCUT2D eigenvalue weighted by Crippen LogP contribution is -2.11. The maximum Gasteiger partial charge on any atom is 0.133 e. The molecular formula is C24H23S+. The molecule has 1 heteroatoms. The van der Waals surface area contributed by atoms with Gasteiger partial charge in [0.15, 0.2) is 0 Å². The van der Waals surface area contributed by atoms with Crippen molar-refractivity contribution in [3.63, 3.8) is 0 Å². The molecule has 0 amide bonds. The molecule has 25 heavy (non-hydrogen) atoms. The molecule has 0 aromatic heterocycles. The number of benzene rings is 4. The molecule has 0 heterocycles. The molecule has 0 spiro atoms. The fourth-order valence-corrected chi connectivity index (χ4v) is 5.20. The van der Waals surface area contributed by atoms with Gasteiger partial charge in [-0.1, -0.05) is 72.8 Å². The molecule has 0 N–H and O–H groups in total. The van der Waals surface area contributed by atoms with Gasteiger partial charge in [0.2, 0.25) is 0 Å². The summed E-state index contributed by atoms with van der Waals surface area (Å²) < 4.78 is 0. The molecule has 0 aliphatic heterocycles. The standard InChI is InChI=1S/C24H23S/c1-2-25(17-19-11-13-21-7-3-5-9-23(21)15-19)18-20-12-14-22-8-4-6-10-24(22)16-20/h3-16H,2,17-18H2,1H3/q+1. The monoisotopic (exact) mass is 343 g/mol. The Bertz CT molecular complexity index is 921. The van der Waals surface area contributed by atoms with Crippen LogP contribution >= 0.6 is 0 Å². The lowest BCUT2D eigenvalue weighted by molar-refractivity contribution is 1.31. The lowest BCUT2D eigenvalue weighted by atomic mass is 10.1. The molecule has 0 radical (unpaired) electrons. The van der Waals surface area contributed by atoms with Crippen LogP contribution in [0.2, 0.25) is 0 Å². The van der Waals surface area contributed by atoms with E-state index in [2.05, 4.69) is 91.9 Å². The Morgan fingerprint density at radius 2 is 1.00 bits per heavy atom. The smallest absolute Gasteiger partial charge is 0.0616 e. The minimum absolute atomic E-state index is 0.381. The van der Waals surface area contributed by atoms with Crippen molar-refractivity contribution in [1.82, 2.24) is 0 Å². The van der Waals surface area contributed by atoms with Crippen LogP contribution in [-0.2, 0) is 22.4 Å². The van der Waals surface area contributed by atoms with E-state index >= 15 is 0 Å². The molecule has 0 saturated carbocycles. The summed E-state index contributed by atoms with van der Waals surface area (Å²) in [6.07, 6.45) is 0. The molecule has 4 aromatic rings. The van der Waals surface area contributed by atoms with E-state index in [1.54, 1.807) is 0 Å². The van der Waals surface area contributed by atoms with Crippen LogP contribution in [-0.4, -0.2) is 5.75 Å². The fourth-order valence-electron chi connectivity index (χ4n) is 3.38. The summed E-state index contributed by atoms with van der Waals surface area (Å²) in [4.78, 5) is 0. The Morgan fingerprint density at radius 3 is 1.44 bits per heavy atom. The first-order chi connectivity index (χ1) is 12.3. The number of hydrogen-bond acceptors (Lipinski definition) is 0. The van der Waals surface area contributed by atoms with Crippen LogP contribution in [0.5, 0.6) is 0 Å². The van der Waals surface area contributed by atoms with E-state index in [1.165, 1.54) is 49.9 Å². The highest BCUT2D eigenvalue weighted by Gasteiger charge is 2.17. The van der Waals surface area contributed by atoms with Crippen molar-refractivity contribution in [2.45, 2.75) is 18.4 Å². The summed E-state index contributed by atoms with van der Waals surface area (Å²) in [7, 11) is 0.381. The van der Waals surface area contributed by atoms with Gasteiger partial charge in [0.25, 0.3) is 0 Å². The average Bonchev–Trinajstić information content (AvgIpc) is 2.67. The van der Waals surface area contributed by atoms with Crippen LogP contribution in [0.4, 0.5) is 0 Å². The summed E-state index contributed by atoms with van der Waals surface area (Å²) >= 11 is 0. The number of rotatable bonds is 5. The first-order valence-corrected chi connectivity index (χ1v) is 10.6. The zero-order valence-corrected chi connectivity index (χ0v) is 15.4. The SMILES string of the molecule is CC[S+](Cc1ccc2ccccc2c1)Cc1ccc2ccccc2c1. The van der Waals surface area contributed by atoms with Crippen LogP contribution in [0.3, 0.4) is 0 Å². The normalized spacial score (nSPS) is 11.4. The third kappa shape index (κ3) is 3.72. The van der Waals surface area contributed by atoms with Crippen molar-refractivity contribution in [2.75, 3.05) is 5.75 Å². The lowest BCUT2D eigenvalue weighted by Gasteiger charge is -2.09. The average molecular weight is 344 g/mol. The second-order valence-corrected chi connectivity index (χ2v) is 8.93. The molecule has 0 aliphatic carbocycles. The van der Waals surface area contributed by atoms with Gasteiger partial charge in [0.05, 0.1) is 0 Å². The van der Waals surface area contributed by atoms with Crippen LogP contribution in [0.1, 0.15) is 18.1 Å². The third-order valence-electron chi connectivity index (χ3n) is 4.78. The van der Waals surface area contributed by atoms with Gasteiger partial charge in [-0.05, 0) is 51.5 Å².